The zero-order valence-electron chi connectivity index (χ0n) is 14.9. The van der Waals surface area contributed by atoms with E-state index < -0.39 is 19.6 Å². The molecule has 0 aromatic heterocycles. The van der Waals surface area contributed by atoms with Crippen molar-refractivity contribution >= 4 is 28.9 Å². The van der Waals surface area contributed by atoms with Crippen LogP contribution in [0.3, 0.4) is 0 Å². The molecule has 0 aromatic carbocycles. The average molecular weight is 362 g/mol. The molecule has 138 valence electrons. The van der Waals surface area contributed by atoms with Gasteiger partial charge in [0.15, 0.2) is 6.23 Å². The summed E-state index contributed by atoms with van der Waals surface area (Å²) < 4.78 is 25.5. The van der Waals surface area contributed by atoms with Crippen LogP contribution in [-0.2, 0) is 0 Å². The summed E-state index contributed by atoms with van der Waals surface area (Å²) in [6.45, 7) is 8.11. The molecule has 0 aliphatic rings. The van der Waals surface area contributed by atoms with E-state index in [0.717, 1.165) is 0 Å². The lowest BCUT2D eigenvalue weighted by molar-refractivity contribution is 0.230. The van der Waals surface area contributed by atoms with Gasteiger partial charge in [-0.1, -0.05) is 6.58 Å². The van der Waals surface area contributed by atoms with Crippen molar-refractivity contribution in [1.29, 1.82) is 5.41 Å². The molecule has 2 atom stereocenters. The van der Waals surface area contributed by atoms with Gasteiger partial charge in [-0.15, -0.1) is 11.8 Å². The van der Waals surface area contributed by atoms with Gasteiger partial charge < -0.3 is 15.5 Å². The van der Waals surface area contributed by atoms with E-state index in [9.17, 15) is 13.9 Å². The van der Waals surface area contributed by atoms with Gasteiger partial charge in [0.25, 0.3) is 0 Å². The molecular formula is C16H28F2N4OS. The molecule has 0 amide bonds. The molecule has 2 unspecified atom stereocenters. The average Bonchev–Trinajstić information content (AvgIpc) is 2.55. The molecule has 2 N–H and O–H groups in total. The maximum absolute atomic E-state index is 13.1. The van der Waals surface area contributed by atoms with Crippen LogP contribution in [0.15, 0.2) is 21.6 Å². The van der Waals surface area contributed by atoms with Crippen LogP contribution < -0.4 is 0 Å². The zero-order valence-corrected chi connectivity index (χ0v) is 15.7. The molecule has 0 radical (unpaired) electrons. The predicted octanol–water partition coefficient (Wildman–Crippen LogP) is 3.45. The first-order valence-corrected chi connectivity index (χ1v) is 8.64. The highest BCUT2D eigenvalue weighted by Crippen LogP contribution is 2.28. The molecule has 0 aromatic rings. The molecule has 0 rings (SSSR count). The van der Waals surface area contributed by atoms with Crippen molar-refractivity contribution in [3.05, 3.63) is 11.5 Å². The van der Waals surface area contributed by atoms with E-state index in [0.29, 0.717) is 35.7 Å². The van der Waals surface area contributed by atoms with Crippen LogP contribution in [0.4, 0.5) is 8.78 Å². The molecule has 0 aliphatic heterocycles. The molecule has 0 fully saturated rings. The fraction of sp³-hybridized carbons (Fsp3) is 0.688. The second-order valence-electron chi connectivity index (χ2n) is 5.44. The van der Waals surface area contributed by atoms with E-state index in [1.165, 1.54) is 18.7 Å². The Hall–Kier alpha value is -1.28. The lowest BCUT2D eigenvalue weighted by Gasteiger charge is -2.19. The van der Waals surface area contributed by atoms with Gasteiger partial charge >= 0.3 is 0 Å². The Morgan fingerprint density at radius 2 is 1.96 bits per heavy atom. The Morgan fingerprint density at radius 1 is 1.33 bits per heavy atom. The van der Waals surface area contributed by atoms with Crippen molar-refractivity contribution in [2.24, 2.45) is 10.1 Å². The number of hydrazone groups is 1. The third kappa shape index (κ3) is 9.12. The summed E-state index contributed by atoms with van der Waals surface area (Å²) in [5, 5.41) is 23.3. The smallest absolute Gasteiger partial charge is 0.176 e. The van der Waals surface area contributed by atoms with Crippen molar-refractivity contribution in [3.63, 3.8) is 0 Å². The van der Waals surface area contributed by atoms with Crippen molar-refractivity contribution in [2.45, 2.75) is 45.1 Å². The quantitative estimate of drug-likeness (QED) is 0.413. The topological polar surface area (TPSA) is 72.0 Å². The monoisotopic (exact) mass is 362 g/mol. The van der Waals surface area contributed by atoms with E-state index in [1.807, 2.05) is 6.92 Å². The summed E-state index contributed by atoms with van der Waals surface area (Å²) in [6, 6.07) is 0. The van der Waals surface area contributed by atoms with Crippen LogP contribution in [0, 0.1) is 5.41 Å². The number of alkyl halides is 2. The number of halogens is 2. The van der Waals surface area contributed by atoms with Crippen LogP contribution >= 0.6 is 11.8 Å². The summed E-state index contributed by atoms with van der Waals surface area (Å²) in [5.74, 6) is 0. The van der Waals surface area contributed by atoms with Crippen LogP contribution in [-0.4, -0.2) is 65.7 Å². The normalized spacial score (nSPS) is 15.1. The van der Waals surface area contributed by atoms with Gasteiger partial charge in [-0.25, -0.2) is 8.78 Å². The highest BCUT2D eigenvalue weighted by atomic mass is 32.2. The van der Waals surface area contributed by atoms with Crippen molar-refractivity contribution in [3.8, 4) is 0 Å². The van der Waals surface area contributed by atoms with E-state index in [1.54, 1.807) is 19.0 Å². The molecule has 24 heavy (non-hydrogen) atoms. The van der Waals surface area contributed by atoms with E-state index in [2.05, 4.69) is 16.7 Å². The van der Waals surface area contributed by atoms with Crippen LogP contribution in [0.25, 0.3) is 0 Å². The highest BCUT2D eigenvalue weighted by molar-refractivity contribution is 8.04. The molecule has 5 nitrogen and oxygen atoms in total. The minimum Gasteiger partial charge on any atom is -0.367 e. The van der Waals surface area contributed by atoms with E-state index >= 15 is 0 Å². The summed E-state index contributed by atoms with van der Waals surface area (Å²) in [7, 11) is 1.77. The van der Waals surface area contributed by atoms with Crippen molar-refractivity contribution in [1.82, 2.24) is 5.01 Å². The van der Waals surface area contributed by atoms with Gasteiger partial charge in [-0.2, -0.15) is 5.10 Å². The number of hydrogen-bond donors (Lipinski definition) is 2. The lowest BCUT2D eigenvalue weighted by Crippen LogP contribution is -2.20. The number of rotatable bonds is 12. The second kappa shape index (κ2) is 12.1. The number of hydrogen-bond acceptors (Lipinski definition) is 6. The first-order chi connectivity index (χ1) is 11.2. The number of aliphatic hydroxyl groups is 1. The minimum atomic E-state index is -1.21. The van der Waals surface area contributed by atoms with Gasteiger partial charge in [0, 0.05) is 35.2 Å². The maximum Gasteiger partial charge on any atom is 0.176 e. The third-order valence-electron chi connectivity index (χ3n) is 3.22. The van der Waals surface area contributed by atoms with E-state index in [-0.39, 0.29) is 11.0 Å². The number of aliphatic hydroxyl groups excluding tert-OH is 1. The molecule has 0 saturated carbocycles. The van der Waals surface area contributed by atoms with Crippen LogP contribution in [0.1, 0.15) is 33.6 Å². The Labute approximate surface area is 147 Å². The standard InChI is InChI=1S/C16H28F2N4OS/c1-6-22(5)21-14(10-18)7-8-15(12(3)19)24-13(4)16(23)20-11(2)9-17/h15-16,19,23H,4,6-10H2,1-3,5H3. The molecular weight excluding hydrogens is 334 g/mol. The molecule has 0 heterocycles. The second-order valence-corrected chi connectivity index (χ2v) is 6.77. The maximum atomic E-state index is 13.1. The molecule has 0 saturated heterocycles. The predicted molar refractivity (Wildman–Crippen MR) is 100.0 cm³/mol. The molecule has 0 spiro atoms. The summed E-state index contributed by atoms with van der Waals surface area (Å²) >= 11 is 1.20. The van der Waals surface area contributed by atoms with Gasteiger partial charge in [-0.05, 0) is 33.6 Å². The molecule has 8 heteroatoms. The molecule has 0 aliphatic carbocycles. The fourth-order valence-electron chi connectivity index (χ4n) is 1.68. The Kier molecular flexibility index (Phi) is 11.5. The van der Waals surface area contributed by atoms with Crippen LogP contribution in [0.5, 0.6) is 0 Å². The van der Waals surface area contributed by atoms with Gasteiger partial charge in [0.2, 0.25) is 0 Å². The first kappa shape index (κ1) is 22.7. The SMILES string of the molecule is C=C(SC(CCC(CF)=NN(C)CC)C(C)=N)C(O)N=C(C)CF. The van der Waals surface area contributed by atoms with Crippen LogP contribution in [0.2, 0.25) is 0 Å². The number of nitrogens with one attached hydrogen (secondary N) is 1. The Bertz CT molecular complexity index is 483. The number of nitrogens with zero attached hydrogens (tertiary/aromatic N) is 3. The zero-order chi connectivity index (χ0) is 18.7. The first-order valence-electron chi connectivity index (χ1n) is 7.76. The number of aliphatic imine (C=N–C) groups is 1. The van der Waals surface area contributed by atoms with Crippen molar-refractivity contribution < 1.29 is 13.9 Å². The Morgan fingerprint density at radius 3 is 2.42 bits per heavy atom. The number of thioether (sulfide) groups is 1. The van der Waals surface area contributed by atoms with E-state index in [4.69, 9.17) is 5.41 Å². The highest BCUT2D eigenvalue weighted by Gasteiger charge is 2.18. The molecule has 0 bridgehead atoms. The van der Waals surface area contributed by atoms with Gasteiger partial charge in [0.05, 0.1) is 5.71 Å². The lowest BCUT2D eigenvalue weighted by atomic mass is 10.1. The summed E-state index contributed by atoms with van der Waals surface area (Å²) in [4.78, 5) is 4.12. The largest absolute Gasteiger partial charge is 0.367 e. The van der Waals surface area contributed by atoms with Gasteiger partial charge in [0.1, 0.15) is 13.3 Å². The fourth-order valence-corrected chi connectivity index (χ4v) is 2.63. The third-order valence-corrected chi connectivity index (χ3v) is 4.61. The summed E-state index contributed by atoms with van der Waals surface area (Å²) in [6.07, 6.45) is -0.309. The minimum absolute atomic E-state index is 0.182. The summed E-state index contributed by atoms with van der Waals surface area (Å²) in [5.41, 5.74) is 0.993. The van der Waals surface area contributed by atoms with Gasteiger partial charge in [-0.3, -0.25) is 4.99 Å². The van der Waals surface area contributed by atoms with Crippen molar-refractivity contribution in [2.75, 3.05) is 26.9 Å². The Balaban J connectivity index is 4.79.